The normalized spacial score (nSPS) is 16.9. The van der Waals surface area contributed by atoms with Crippen LogP contribution in [0, 0.1) is 15.9 Å². The lowest BCUT2D eigenvalue weighted by atomic mass is 10.2. The molecule has 1 aromatic rings. The lowest BCUT2D eigenvalue weighted by molar-refractivity contribution is -0.387. The molecule has 0 spiro atoms. The number of rotatable bonds is 1. The van der Waals surface area contributed by atoms with Gasteiger partial charge in [-0.1, -0.05) is 0 Å². The van der Waals surface area contributed by atoms with Gasteiger partial charge in [-0.3, -0.25) is 14.8 Å². The zero-order chi connectivity index (χ0) is 11.2. The maximum Gasteiger partial charge on any atom is 0.305 e. The molecule has 2 rings (SSSR count). The van der Waals surface area contributed by atoms with E-state index in [1.165, 1.54) is 0 Å². The van der Waals surface area contributed by atoms with Crippen molar-refractivity contribution >= 4 is 21.4 Å². The van der Waals surface area contributed by atoms with Gasteiger partial charge in [-0.25, -0.2) is 8.42 Å². The van der Waals surface area contributed by atoms with Crippen molar-refractivity contribution in [3.05, 3.63) is 33.6 Å². The first kappa shape index (κ1) is 9.84. The van der Waals surface area contributed by atoms with Crippen molar-refractivity contribution in [1.29, 1.82) is 0 Å². The smallest absolute Gasteiger partial charge is 0.283 e. The molecule has 0 radical (unpaired) electrons. The Labute approximate surface area is 83.9 Å². The highest BCUT2D eigenvalue weighted by molar-refractivity contribution is 7.92. The van der Waals surface area contributed by atoms with Gasteiger partial charge in [-0.05, 0) is 0 Å². The second-order valence-corrected chi connectivity index (χ2v) is 4.80. The van der Waals surface area contributed by atoms with Gasteiger partial charge >= 0.3 is 5.69 Å². The number of halogens is 1. The van der Waals surface area contributed by atoms with Gasteiger partial charge in [0.25, 0.3) is 0 Å². The monoisotopic (exact) mass is 232 g/mol. The quantitative estimate of drug-likeness (QED) is 0.577. The molecule has 0 aromatic heterocycles. The van der Waals surface area contributed by atoms with Crippen LogP contribution in [0.1, 0.15) is 5.56 Å². The van der Waals surface area contributed by atoms with E-state index in [4.69, 9.17) is 0 Å². The van der Waals surface area contributed by atoms with Gasteiger partial charge in [0.15, 0.2) is 0 Å². The van der Waals surface area contributed by atoms with E-state index in [-0.39, 0.29) is 17.0 Å². The summed E-state index contributed by atoms with van der Waals surface area (Å²) in [7, 11) is -3.50. The van der Waals surface area contributed by atoms with Gasteiger partial charge < -0.3 is 0 Å². The molecule has 80 valence electrons. The van der Waals surface area contributed by atoms with E-state index >= 15 is 0 Å². The molecule has 0 atom stereocenters. The molecule has 0 aliphatic carbocycles. The van der Waals surface area contributed by atoms with Crippen molar-refractivity contribution in [2.24, 2.45) is 0 Å². The minimum Gasteiger partial charge on any atom is -0.283 e. The summed E-state index contributed by atoms with van der Waals surface area (Å²) in [5.74, 6) is -1.41. The molecule has 1 aromatic carbocycles. The van der Waals surface area contributed by atoms with E-state index in [2.05, 4.69) is 4.72 Å². The number of hydrogen-bond acceptors (Lipinski definition) is 4. The van der Waals surface area contributed by atoms with Crippen molar-refractivity contribution < 1.29 is 17.7 Å². The first-order valence-corrected chi connectivity index (χ1v) is 5.51. The zero-order valence-corrected chi connectivity index (χ0v) is 8.04. The van der Waals surface area contributed by atoms with Gasteiger partial charge in [0.1, 0.15) is 0 Å². The number of nitrogens with zero attached hydrogens (tertiary/aromatic N) is 1. The van der Waals surface area contributed by atoms with E-state index in [1.54, 1.807) is 0 Å². The third kappa shape index (κ3) is 1.63. The van der Waals surface area contributed by atoms with Gasteiger partial charge in [0, 0.05) is 17.7 Å². The van der Waals surface area contributed by atoms with E-state index in [0.29, 0.717) is 0 Å². The molecule has 1 heterocycles. The maximum atomic E-state index is 13.1. The third-order valence-corrected chi connectivity index (χ3v) is 3.20. The second kappa shape index (κ2) is 2.89. The van der Waals surface area contributed by atoms with Crippen molar-refractivity contribution in [3.63, 3.8) is 0 Å². The molecule has 0 fully saturated rings. The maximum absolute atomic E-state index is 13.1. The molecule has 0 amide bonds. The molecule has 0 unspecified atom stereocenters. The van der Waals surface area contributed by atoms with E-state index in [1.807, 2.05) is 0 Å². The van der Waals surface area contributed by atoms with Crippen LogP contribution in [0.5, 0.6) is 0 Å². The largest absolute Gasteiger partial charge is 0.305 e. The lowest BCUT2D eigenvalue weighted by Gasteiger charge is -1.98. The minimum absolute atomic E-state index is 0.0677. The second-order valence-electron chi connectivity index (χ2n) is 3.08. The Kier molecular flexibility index (Phi) is 1.90. The van der Waals surface area contributed by atoms with Crippen molar-refractivity contribution in [2.45, 2.75) is 5.75 Å². The van der Waals surface area contributed by atoms with Crippen LogP contribution in [0.25, 0.3) is 0 Å². The van der Waals surface area contributed by atoms with Crippen LogP contribution in [-0.2, 0) is 15.8 Å². The average molecular weight is 232 g/mol. The molecule has 0 saturated carbocycles. The highest BCUT2D eigenvalue weighted by atomic mass is 32.2. The molecule has 1 N–H and O–H groups in total. The van der Waals surface area contributed by atoms with Gasteiger partial charge in [-0.15, -0.1) is 0 Å². The minimum atomic E-state index is -3.50. The van der Waals surface area contributed by atoms with Crippen LogP contribution in [0.3, 0.4) is 0 Å². The fourth-order valence-corrected chi connectivity index (χ4v) is 2.61. The first-order valence-electron chi connectivity index (χ1n) is 3.86. The molecule has 0 saturated heterocycles. The molecule has 1 aliphatic heterocycles. The van der Waals surface area contributed by atoms with Crippen LogP contribution in [0.4, 0.5) is 15.8 Å². The predicted molar refractivity (Wildman–Crippen MR) is 49.3 cm³/mol. The van der Waals surface area contributed by atoms with Crippen molar-refractivity contribution in [3.8, 4) is 0 Å². The summed E-state index contributed by atoms with van der Waals surface area (Å²) in [6.45, 7) is 0. The summed E-state index contributed by atoms with van der Waals surface area (Å²) >= 11 is 0. The number of sulfonamides is 1. The Morgan fingerprint density at radius 1 is 1.47 bits per heavy atom. The molecule has 6 nitrogen and oxygen atoms in total. The van der Waals surface area contributed by atoms with E-state index in [9.17, 15) is 22.9 Å². The summed E-state index contributed by atoms with van der Waals surface area (Å²) in [4.78, 5) is 9.49. The van der Waals surface area contributed by atoms with Gasteiger partial charge in [0.2, 0.25) is 15.8 Å². The number of hydrogen-bond donors (Lipinski definition) is 1. The molecule has 1 aliphatic rings. The number of nitrogens with one attached hydrogen (secondary N) is 1. The average Bonchev–Trinajstić information content (AvgIpc) is 2.36. The van der Waals surface area contributed by atoms with Gasteiger partial charge in [-0.2, -0.15) is 4.39 Å². The lowest BCUT2D eigenvalue weighted by Crippen LogP contribution is -2.05. The summed E-state index contributed by atoms with van der Waals surface area (Å²) in [6, 6.07) is 1.75. The van der Waals surface area contributed by atoms with Crippen molar-refractivity contribution in [2.75, 3.05) is 4.72 Å². The highest BCUT2D eigenvalue weighted by Crippen LogP contribution is 2.32. The van der Waals surface area contributed by atoms with Crippen LogP contribution < -0.4 is 4.72 Å². The number of anilines is 1. The van der Waals surface area contributed by atoms with Crippen LogP contribution in [0.15, 0.2) is 12.1 Å². The molecular formula is C7H5FN2O4S. The Morgan fingerprint density at radius 3 is 2.73 bits per heavy atom. The molecular weight excluding hydrogens is 227 g/mol. The van der Waals surface area contributed by atoms with Crippen molar-refractivity contribution in [1.82, 2.24) is 0 Å². The van der Waals surface area contributed by atoms with Crippen LogP contribution in [0.2, 0.25) is 0 Å². The fraction of sp³-hybridized carbons (Fsp3) is 0.143. The summed E-state index contributed by atoms with van der Waals surface area (Å²) in [5.41, 5.74) is -0.436. The Balaban J connectivity index is 2.59. The first-order chi connectivity index (χ1) is 6.89. The Hall–Kier alpha value is -1.70. The molecule has 0 bridgehead atoms. The SMILES string of the molecule is O=[N+]([O-])c1cc2c(cc1F)NS(=O)(=O)C2. The van der Waals surface area contributed by atoms with Crippen LogP contribution in [-0.4, -0.2) is 13.3 Å². The summed E-state index contributed by atoms with van der Waals surface area (Å²) < 4.78 is 37.3. The number of benzene rings is 1. The summed E-state index contributed by atoms with van der Waals surface area (Å²) in [6.07, 6.45) is 0. The third-order valence-electron chi connectivity index (χ3n) is 1.98. The van der Waals surface area contributed by atoms with E-state index in [0.717, 1.165) is 12.1 Å². The standard InChI is InChI=1S/C7H5FN2O4S/c8-5-2-6-4(1-7(5)10(11)12)3-15(13,14)9-6/h1-2,9H,3H2. The van der Waals surface area contributed by atoms with Gasteiger partial charge in [0.05, 0.1) is 16.4 Å². The predicted octanol–water partition coefficient (Wildman–Crippen LogP) is 0.989. The fourth-order valence-electron chi connectivity index (χ4n) is 1.37. The molecule has 8 heteroatoms. The zero-order valence-electron chi connectivity index (χ0n) is 7.23. The molecule has 15 heavy (non-hydrogen) atoms. The topological polar surface area (TPSA) is 89.3 Å². The Morgan fingerprint density at radius 2 is 2.13 bits per heavy atom. The summed E-state index contributed by atoms with van der Waals surface area (Å²) in [5, 5.41) is 10.4. The Bertz CT molecular complexity index is 554. The van der Waals surface area contributed by atoms with E-state index < -0.39 is 26.5 Å². The number of nitro benzene ring substituents is 1. The highest BCUT2D eigenvalue weighted by Gasteiger charge is 2.28. The van der Waals surface area contributed by atoms with Crippen LogP contribution >= 0.6 is 0 Å². The number of fused-ring (bicyclic) bond motifs is 1. The number of nitro groups is 1.